The largest absolute Gasteiger partial charge is 0.482 e. The number of rotatable bonds is 4. The van der Waals surface area contributed by atoms with Gasteiger partial charge in [-0.05, 0) is 37.8 Å². The number of para-hydroxylation sites is 1. The van der Waals surface area contributed by atoms with Gasteiger partial charge < -0.3 is 15.8 Å². The maximum absolute atomic E-state index is 11.8. The molecule has 1 aliphatic carbocycles. The van der Waals surface area contributed by atoms with Gasteiger partial charge in [0.2, 0.25) is 0 Å². The van der Waals surface area contributed by atoms with E-state index in [9.17, 15) is 4.79 Å². The number of benzene rings is 1. The molecule has 0 heterocycles. The predicted molar refractivity (Wildman–Crippen MR) is 82.6 cm³/mol. The van der Waals surface area contributed by atoms with E-state index in [0.717, 1.165) is 25.7 Å². The second-order valence-electron chi connectivity index (χ2n) is 4.90. The maximum atomic E-state index is 11.8. The van der Waals surface area contributed by atoms with Gasteiger partial charge in [0.15, 0.2) is 6.61 Å². The van der Waals surface area contributed by atoms with E-state index in [1.54, 1.807) is 12.1 Å². The number of halogens is 2. The molecule has 2 rings (SSSR count). The molecule has 112 valence electrons. The highest BCUT2D eigenvalue weighted by molar-refractivity contribution is 6.32. The number of hydrogen-bond acceptors (Lipinski definition) is 3. The van der Waals surface area contributed by atoms with Gasteiger partial charge in [-0.15, -0.1) is 12.4 Å². The Morgan fingerprint density at radius 1 is 1.30 bits per heavy atom. The number of carbonyl (C=O) groups excluding carboxylic acids is 1. The highest BCUT2D eigenvalue weighted by Gasteiger charge is 2.20. The molecule has 0 unspecified atom stereocenters. The summed E-state index contributed by atoms with van der Waals surface area (Å²) in [4.78, 5) is 11.8. The van der Waals surface area contributed by atoms with E-state index in [4.69, 9.17) is 22.1 Å². The zero-order chi connectivity index (χ0) is 13.7. The van der Waals surface area contributed by atoms with Gasteiger partial charge in [-0.2, -0.15) is 0 Å². The van der Waals surface area contributed by atoms with E-state index in [0.29, 0.717) is 10.8 Å². The van der Waals surface area contributed by atoms with Crippen LogP contribution in [0.5, 0.6) is 5.75 Å². The number of carbonyl (C=O) groups is 1. The van der Waals surface area contributed by atoms with Crippen LogP contribution in [0, 0.1) is 0 Å². The van der Waals surface area contributed by atoms with E-state index < -0.39 is 0 Å². The van der Waals surface area contributed by atoms with Crippen LogP contribution in [0.1, 0.15) is 25.7 Å². The Bertz CT molecular complexity index is 435. The summed E-state index contributed by atoms with van der Waals surface area (Å²) in [5.41, 5.74) is 5.83. The van der Waals surface area contributed by atoms with Gasteiger partial charge in [-0.1, -0.05) is 23.7 Å². The van der Waals surface area contributed by atoms with Crippen LogP contribution in [-0.4, -0.2) is 24.6 Å². The molecule has 1 fully saturated rings. The molecule has 0 saturated heterocycles. The molecule has 6 heteroatoms. The van der Waals surface area contributed by atoms with Gasteiger partial charge in [0.1, 0.15) is 5.75 Å². The molecule has 0 radical (unpaired) electrons. The fourth-order valence-electron chi connectivity index (χ4n) is 2.24. The molecular formula is C14H20Cl2N2O2. The van der Waals surface area contributed by atoms with Crippen molar-refractivity contribution < 1.29 is 9.53 Å². The van der Waals surface area contributed by atoms with Crippen LogP contribution in [0.15, 0.2) is 24.3 Å². The summed E-state index contributed by atoms with van der Waals surface area (Å²) < 4.78 is 5.39. The van der Waals surface area contributed by atoms with Crippen LogP contribution in [-0.2, 0) is 4.79 Å². The fourth-order valence-corrected chi connectivity index (χ4v) is 2.43. The molecule has 0 aliphatic heterocycles. The van der Waals surface area contributed by atoms with Crippen LogP contribution < -0.4 is 15.8 Å². The predicted octanol–water partition coefficient (Wildman–Crippen LogP) is 2.53. The molecule has 1 saturated carbocycles. The minimum absolute atomic E-state index is 0. The fraction of sp³-hybridized carbons (Fsp3) is 0.500. The quantitative estimate of drug-likeness (QED) is 0.896. The van der Waals surface area contributed by atoms with E-state index in [1.165, 1.54) is 0 Å². The molecule has 0 bridgehead atoms. The highest BCUT2D eigenvalue weighted by Crippen LogP contribution is 2.23. The number of ether oxygens (including phenoxy) is 1. The summed E-state index contributed by atoms with van der Waals surface area (Å²) in [5, 5.41) is 3.48. The van der Waals surface area contributed by atoms with E-state index in [-0.39, 0.29) is 37.0 Å². The van der Waals surface area contributed by atoms with Crippen LogP contribution in [0.2, 0.25) is 5.02 Å². The summed E-state index contributed by atoms with van der Waals surface area (Å²) in [7, 11) is 0. The first-order valence-corrected chi connectivity index (χ1v) is 6.95. The Labute approximate surface area is 130 Å². The average molecular weight is 319 g/mol. The van der Waals surface area contributed by atoms with Crippen molar-refractivity contribution in [3.05, 3.63) is 29.3 Å². The Morgan fingerprint density at radius 2 is 1.95 bits per heavy atom. The van der Waals surface area contributed by atoms with Crippen molar-refractivity contribution in [3.8, 4) is 5.75 Å². The number of hydrogen-bond donors (Lipinski definition) is 2. The third-order valence-corrected chi connectivity index (χ3v) is 3.64. The molecule has 20 heavy (non-hydrogen) atoms. The summed E-state index contributed by atoms with van der Waals surface area (Å²) >= 11 is 5.95. The standard InChI is InChI=1S/C14H19ClN2O2.ClH/c15-12-3-1-2-4-13(12)19-9-14(18)17-11-7-5-10(16)6-8-11;/h1-4,10-11H,5-9,16H2,(H,17,18);1H. The zero-order valence-electron chi connectivity index (χ0n) is 11.2. The molecule has 1 aliphatic rings. The third-order valence-electron chi connectivity index (χ3n) is 3.33. The summed E-state index contributed by atoms with van der Waals surface area (Å²) in [5.74, 6) is 0.422. The van der Waals surface area contributed by atoms with Gasteiger partial charge in [-0.25, -0.2) is 0 Å². The van der Waals surface area contributed by atoms with Crippen LogP contribution in [0.4, 0.5) is 0 Å². The third kappa shape index (κ3) is 5.19. The van der Waals surface area contributed by atoms with Crippen molar-refractivity contribution in [2.75, 3.05) is 6.61 Å². The van der Waals surface area contributed by atoms with Crippen molar-refractivity contribution >= 4 is 29.9 Å². The SMILES string of the molecule is Cl.NC1CCC(NC(=O)COc2ccccc2Cl)CC1. The minimum Gasteiger partial charge on any atom is -0.482 e. The smallest absolute Gasteiger partial charge is 0.258 e. The summed E-state index contributed by atoms with van der Waals surface area (Å²) in [6.07, 6.45) is 3.82. The first-order valence-electron chi connectivity index (χ1n) is 6.57. The molecule has 3 N–H and O–H groups in total. The summed E-state index contributed by atoms with van der Waals surface area (Å²) in [6.45, 7) is -0.00765. The molecule has 1 aromatic carbocycles. The molecule has 0 atom stereocenters. The Morgan fingerprint density at radius 3 is 2.60 bits per heavy atom. The maximum Gasteiger partial charge on any atom is 0.258 e. The number of nitrogens with one attached hydrogen (secondary N) is 1. The van der Waals surface area contributed by atoms with Gasteiger partial charge in [0, 0.05) is 12.1 Å². The van der Waals surface area contributed by atoms with Crippen molar-refractivity contribution in [2.45, 2.75) is 37.8 Å². The van der Waals surface area contributed by atoms with E-state index >= 15 is 0 Å². The van der Waals surface area contributed by atoms with Crippen molar-refractivity contribution in [2.24, 2.45) is 5.73 Å². The first kappa shape index (κ1) is 17.1. The minimum atomic E-state index is -0.111. The van der Waals surface area contributed by atoms with Gasteiger partial charge in [0.05, 0.1) is 5.02 Å². The molecule has 0 aromatic heterocycles. The topological polar surface area (TPSA) is 64.3 Å². The van der Waals surface area contributed by atoms with Crippen LogP contribution >= 0.6 is 24.0 Å². The lowest BCUT2D eigenvalue weighted by Gasteiger charge is -2.26. The number of nitrogens with two attached hydrogens (primary N) is 1. The monoisotopic (exact) mass is 318 g/mol. The lowest BCUT2D eigenvalue weighted by Crippen LogP contribution is -2.42. The Balaban J connectivity index is 0.00000200. The summed E-state index contributed by atoms with van der Waals surface area (Å²) in [6, 6.07) is 7.63. The second-order valence-corrected chi connectivity index (χ2v) is 5.31. The lowest BCUT2D eigenvalue weighted by atomic mass is 9.92. The van der Waals surface area contributed by atoms with Crippen LogP contribution in [0.3, 0.4) is 0 Å². The first-order chi connectivity index (χ1) is 9.15. The molecule has 1 amide bonds. The number of amides is 1. The van der Waals surface area contributed by atoms with E-state index in [2.05, 4.69) is 5.32 Å². The second kappa shape index (κ2) is 8.35. The van der Waals surface area contributed by atoms with Gasteiger partial charge in [0.25, 0.3) is 5.91 Å². The Hall–Kier alpha value is -0.970. The normalized spacial score (nSPS) is 21.7. The van der Waals surface area contributed by atoms with Crippen molar-refractivity contribution in [1.29, 1.82) is 0 Å². The van der Waals surface area contributed by atoms with Crippen molar-refractivity contribution in [1.82, 2.24) is 5.32 Å². The Kier molecular flexibility index (Phi) is 7.13. The lowest BCUT2D eigenvalue weighted by molar-refractivity contribution is -0.124. The average Bonchev–Trinajstić information content (AvgIpc) is 2.40. The van der Waals surface area contributed by atoms with Crippen LogP contribution in [0.25, 0.3) is 0 Å². The van der Waals surface area contributed by atoms with Gasteiger partial charge in [-0.3, -0.25) is 4.79 Å². The zero-order valence-corrected chi connectivity index (χ0v) is 12.8. The molecule has 0 spiro atoms. The van der Waals surface area contributed by atoms with E-state index in [1.807, 2.05) is 12.1 Å². The highest BCUT2D eigenvalue weighted by atomic mass is 35.5. The molecule has 4 nitrogen and oxygen atoms in total. The van der Waals surface area contributed by atoms with Crippen molar-refractivity contribution in [3.63, 3.8) is 0 Å². The van der Waals surface area contributed by atoms with Gasteiger partial charge >= 0.3 is 0 Å². The molecular weight excluding hydrogens is 299 g/mol. The molecule has 1 aromatic rings.